The molecule has 0 saturated heterocycles. The largest absolute Gasteiger partial charge is 0.381 e. The Morgan fingerprint density at radius 1 is 1.33 bits per heavy atom. The summed E-state index contributed by atoms with van der Waals surface area (Å²) < 4.78 is 10.9. The molecule has 0 unspecified atom stereocenters. The van der Waals surface area contributed by atoms with Crippen molar-refractivity contribution in [3.05, 3.63) is 35.9 Å². The molecule has 0 aliphatic heterocycles. The normalized spacial score (nSPS) is 17.8. The fourth-order valence-electron chi connectivity index (χ4n) is 2.76. The van der Waals surface area contributed by atoms with Crippen LogP contribution in [-0.4, -0.2) is 32.8 Å². The highest BCUT2D eigenvalue weighted by molar-refractivity contribution is 5.82. The second-order valence-corrected chi connectivity index (χ2v) is 5.73. The van der Waals surface area contributed by atoms with Gasteiger partial charge in [-0.1, -0.05) is 36.8 Å². The zero-order chi connectivity index (χ0) is 15.1. The van der Waals surface area contributed by atoms with Gasteiger partial charge in [0.2, 0.25) is 0 Å². The molecule has 1 N–H and O–H groups in total. The van der Waals surface area contributed by atoms with Crippen molar-refractivity contribution < 1.29 is 14.3 Å². The molecule has 1 saturated carbocycles. The van der Waals surface area contributed by atoms with E-state index in [1.54, 1.807) is 7.11 Å². The Bertz CT molecular complexity index is 443. The van der Waals surface area contributed by atoms with Gasteiger partial charge in [-0.25, -0.2) is 0 Å². The zero-order valence-electron chi connectivity index (χ0n) is 12.9. The maximum atomic E-state index is 12.4. The summed E-state index contributed by atoms with van der Waals surface area (Å²) in [5, 5.41) is 3.04. The van der Waals surface area contributed by atoms with Crippen molar-refractivity contribution in [3.8, 4) is 0 Å². The fourth-order valence-corrected chi connectivity index (χ4v) is 2.76. The van der Waals surface area contributed by atoms with E-state index in [9.17, 15) is 4.79 Å². The molecule has 21 heavy (non-hydrogen) atoms. The van der Waals surface area contributed by atoms with Crippen LogP contribution >= 0.6 is 0 Å². The molecule has 1 fully saturated rings. The van der Waals surface area contributed by atoms with Crippen molar-refractivity contribution in [1.29, 1.82) is 0 Å². The molecular formula is C17H25NO3. The number of methoxy groups -OCH3 is 1. The molecule has 0 radical (unpaired) electrons. The third-order valence-corrected chi connectivity index (χ3v) is 4.24. The van der Waals surface area contributed by atoms with Gasteiger partial charge in [-0.2, -0.15) is 0 Å². The molecule has 116 valence electrons. The van der Waals surface area contributed by atoms with Gasteiger partial charge in [-0.3, -0.25) is 4.79 Å². The lowest BCUT2D eigenvalue weighted by Gasteiger charge is -2.41. The highest BCUT2D eigenvalue weighted by atomic mass is 16.5. The second-order valence-electron chi connectivity index (χ2n) is 5.73. The quantitative estimate of drug-likeness (QED) is 0.801. The van der Waals surface area contributed by atoms with E-state index in [4.69, 9.17) is 9.47 Å². The van der Waals surface area contributed by atoms with Gasteiger partial charge in [-0.15, -0.1) is 0 Å². The standard InChI is InChI=1S/C17H25NO3/c1-3-21-13-17(10-7-11-17)12-18-16(19)15(20-2)14-8-5-4-6-9-14/h4-6,8-9,15H,3,7,10-13H2,1-2H3,(H,18,19)/t15-/m0/s1. The highest BCUT2D eigenvalue weighted by Gasteiger charge is 2.38. The second kappa shape index (κ2) is 7.57. The molecule has 1 amide bonds. The van der Waals surface area contributed by atoms with E-state index >= 15 is 0 Å². The molecule has 1 aromatic rings. The summed E-state index contributed by atoms with van der Waals surface area (Å²) in [5.41, 5.74) is 1.01. The molecular weight excluding hydrogens is 266 g/mol. The summed E-state index contributed by atoms with van der Waals surface area (Å²) in [6.07, 6.45) is 2.91. The zero-order valence-corrected chi connectivity index (χ0v) is 12.9. The summed E-state index contributed by atoms with van der Waals surface area (Å²) in [6, 6.07) is 9.58. The third kappa shape index (κ3) is 4.05. The number of hydrogen-bond acceptors (Lipinski definition) is 3. The third-order valence-electron chi connectivity index (χ3n) is 4.24. The molecule has 1 aromatic carbocycles. The average Bonchev–Trinajstić information content (AvgIpc) is 2.48. The minimum Gasteiger partial charge on any atom is -0.381 e. The number of rotatable bonds is 8. The first kappa shape index (κ1) is 16.0. The van der Waals surface area contributed by atoms with Crippen LogP contribution in [0.3, 0.4) is 0 Å². The van der Waals surface area contributed by atoms with Crippen LogP contribution in [0.2, 0.25) is 0 Å². The van der Waals surface area contributed by atoms with Gasteiger partial charge in [0.1, 0.15) is 0 Å². The molecule has 4 heteroatoms. The van der Waals surface area contributed by atoms with E-state index in [0.29, 0.717) is 6.54 Å². The van der Waals surface area contributed by atoms with E-state index in [-0.39, 0.29) is 11.3 Å². The van der Waals surface area contributed by atoms with E-state index < -0.39 is 6.10 Å². The van der Waals surface area contributed by atoms with Crippen LogP contribution in [0.25, 0.3) is 0 Å². The molecule has 0 spiro atoms. The first-order valence-electron chi connectivity index (χ1n) is 7.64. The Balaban J connectivity index is 1.91. The van der Waals surface area contributed by atoms with Gasteiger partial charge in [0, 0.05) is 25.7 Å². The van der Waals surface area contributed by atoms with Crippen LogP contribution in [-0.2, 0) is 14.3 Å². The van der Waals surface area contributed by atoms with E-state index in [2.05, 4.69) is 5.32 Å². The SMILES string of the molecule is CCOCC1(CNC(=O)[C@@H](OC)c2ccccc2)CCC1. The van der Waals surface area contributed by atoms with Gasteiger partial charge in [0.05, 0.1) is 6.61 Å². The number of carbonyl (C=O) groups is 1. The molecule has 2 rings (SSSR count). The number of carbonyl (C=O) groups excluding carboxylic acids is 1. The van der Waals surface area contributed by atoms with E-state index in [1.807, 2.05) is 37.3 Å². The van der Waals surface area contributed by atoms with Gasteiger partial charge in [-0.05, 0) is 25.3 Å². The Labute approximate surface area is 126 Å². The van der Waals surface area contributed by atoms with Crippen LogP contribution < -0.4 is 5.32 Å². The molecule has 0 aromatic heterocycles. The maximum absolute atomic E-state index is 12.4. The first-order chi connectivity index (χ1) is 10.2. The minimum absolute atomic E-state index is 0.0773. The van der Waals surface area contributed by atoms with Crippen molar-refractivity contribution in [2.24, 2.45) is 5.41 Å². The lowest BCUT2D eigenvalue weighted by Crippen LogP contribution is -2.46. The Kier molecular flexibility index (Phi) is 5.76. The van der Waals surface area contributed by atoms with Gasteiger partial charge >= 0.3 is 0 Å². The summed E-state index contributed by atoms with van der Waals surface area (Å²) in [7, 11) is 1.57. The predicted octanol–water partition coefficient (Wildman–Crippen LogP) is 2.70. The highest BCUT2D eigenvalue weighted by Crippen LogP contribution is 2.40. The van der Waals surface area contributed by atoms with Gasteiger partial charge in [0.25, 0.3) is 5.91 Å². The molecule has 1 atom stereocenters. The Morgan fingerprint density at radius 3 is 2.57 bits per heavy atom. The topological polar surface area (TPSA) is 47.6 Å². The smallest absolute Gasteiger partial charge is 0.253 e. The monoisotopic (exact) mass is 291 g/mol. The summed E-state index contributed by atoms with van der Waals surface area (Å²) in [5.74, 6) is -0.0773. The number of hydrogen-bond donors (Lipinski definition) is 1. The van der Waals surface area contributed by atoms with Crippen LogP contribution in [0.1, 0.15) is 37.9 Å². The molecule has 4 nitrogen and oxygen atoms in total. The molecule has 1 aliphatic carbocycles. The lowest BCUT2D eigenvalue weighted by molar-refractivity contribution is -0.132. The van der Waals surface area contributed by atoms with Crippen molar-refractivity contribution in [2.45, 2.75) is 32.3 Å². The number of ether oxygens (including phenoxy) is 2. The fraction of sp³-hybridized carbons (Fsp3) is 0.588. The summed E-state index contributed by atoms with van der Waals surface area (Å²) >= 11 is 0. The Morgan fingerprint density at radius 2 is 2.05 bits per heavy atom. The van der Waals surface area contributed by atoms with Crippen molar-refractivity contribution in [3.63, 3.8) is 0 Å². The van der Waals surface area contributed by atoms with Crippen LogP contribution in [0.15, 0.2) is 30.3 Å². The summed E-state index contributed by atoms with van der Waals surface area (Å²) in [6.45, 7) is 4.12. The van der Waals surface area contributed by atoms with E-state index in [0.717, 1.165) is 31.6 Å². The molecule has 0 bridgehead atoms. The van der Waals surface area contributed by atoms with Crippen LogP contribution in [0.4, 0.5) is 0 Å². The summed E-state index contributed by atoms with van der Waals surface area (Å²) in [4.78, 5) is 12.4. The van der Waals surface area contributed by atoms with Crippen molar-refractivity contribution in [1.82, 2.24) is 5.32 Å². The van der Waals surface area contributed by atoms with E-state index in [1.165, 1.54) is 6.42 Å². The Hall–Kier alpha value is -1.39. The minimum atomic E-state index is -0.546. The first-order valence-corrected chi connectivity index (χ1v) is 7.64. The average molecular weight is 291 g/mol. The van der Waals surface area contributed by atoms with Crippen molar-refractivity contribution in [2.75, 3.05) is 26.9 Å². The molecule has 1 aliphatic rings. The maximum Gasteiger partial charge on any atom is 0.253 e. The molecule has 0 heterocycles. The van der Waals surface area contributed by atoms with Crippen molar-refractivity contribution >= 4 is 5.91 Å². The number of nitrogens with one attached hydrogen (secondary N) is 1. The predicted molar refractivity (Wildman–Crippen MR) is 82.0 cm³/mol. The number of amides is 1. The van der Waals surface area contributed by atoms with Crippen LogP contribution in [0.5, 0.6) is 0 Å². The van der Waals surface area contributed by atoms with Crippen LogP contribution in [0, 0.1) is 5.41 Å². The number of benzene rings is 1. The van der Waals surface area contributed by atoms with Gasteiger partial charge < -0.3 is 14.8 Å². The lowest BCUT2D eigenvalue weighted by atomic mass is 9.69. The van der Waals surface area contributed by atoms with Gasteiger partial charge in [0.15, 0.2) is 6.10 Å².